The summed E-state index contributed by atoms with van der Waals surface area (Å²) in [6.45, 7) is 14.3. The van der Waals surface area contributed by atoms with Crippen molar-refractivity contribution in [2.45, 2.75) is 53.0 Å². The van der Waals surface area contributed by atoms with Gasteiger partial charge in [-0.25, -0.2) is 9.79 Å². The van der Waals surface area contributed by atoms with E-state index in [0.29, 0.717) is 51.0 Å². The van der Waals surface area contributed by atoms with Crippen molar-refractivity contribution in [3.05, 3.63) is 102 Å². The molecule has 0 unspecified atom stereocenters. The summed E-state index contributed by atoms with van der Waals surface area (Å²) in [6.07, 6.45) is 4.22. The first-order valence-electron chi connectivity index (χ1n) is 13.5. The Labute approximate surface area is 238 Å². The molecular weight excluding hydrogens is 524 g/mol. The summed E-state index contributed by atoms with van der Waals surface area (Å²) in [4.78, 5) is 32.4. The lowest BCUT2D eigenvalue weighted by Gasteiger charge is -2.25. The summed E-state index contributed by atoms with van der Waals surface area (Å²) in [5.41, 5.74) is 4.39. The van der Waals surface area contributed by atoms with Crippen molar-refractivity contribution in [3.63, 3.8) is 0 Å². The number of carbonyl (C=O) groups excluding carboxylic acids is 1. The Morgan fingerprint density at radius 3 is 2.50 bits per heavy atom. The minimum atomic E-state index is -0.648. The average molecular weight is 561 g/mol. The Kier molecular flexibility index (Phi) is 9.10. The molecule has 1 aliphatic heterocycles. The number of allylic oxidation sites excluding steroid dienone is 2. The molecule has 1 aromatic heterocycles. The normalized spacial score (nSPS) is 15.1. The van der Waals surface area contributed by atoms with Gasteiger partial charge in [-0.3, -0.25) is 9.36 Å². The van der Waals surface area contributed by atoms with Crippen LogP contribution >= 0.6 is 11.3 Å². The average Bonchev–Trinajstić information content (AvgIpc) is 3.22. The highest BCUT2D eigenvalue weighted by molar-refractivity contribution is 7.07. The Hall–Kier alpha value is -3.91. The second-order valence-electron chi connectivity index (χ2n) is 9.76. The number of thiazole rings is 1. The molecule has 0 fully saturated rings. The number of fused-ring (bicyclic) bond motifs is 1. The molecule has 0 spiro atoms. The molecule has 7 nitrogen and oxygen atoms in total. The SMILES string of the molecule is C=CCc1cc(/C=c2/sc3n(c2=O)[C@H](c2ccc(C(C)C)cc2)C(C(=O)OCC)=C(C)N=3)cc(OCC)c1OC. The number of hydrogen-bond acceptors (Lipinski definition) is 7. The molecule has 1 atom stereocenters. The van der Waals surface area contributed by atoms with Crippen LogP contribution in [-0.2, 0) is 16.0 Å². The minimum Gasteiger partial charge on any atom is -0.493 e. The number of methoxy groups -OCH3 is 1. The molecule has 0 N–H and O–H groups in total. The second-order valence-corrected chi connectivity index (χ2v) is 10.8. The van der Waals surface area contributed by atoms with Gasteiger partial charge in [0, 0.05) is 5.56 Å². The third-order valence-corrected chi connectivity index (χ3v) is 7.74. The number of carbonyl (C=O) groups is 1. The van der Waals surface area contributed by atoms with Gasteiger partial charge >= 0.3 is 5.97 Å². The molecule has 0 saturated heterocycles. The number of hydrogen-bond donors (Lipinski definition) is 0. The van der Waals surface area contributed by atoms with Crippen molar-refractivity contribution in [2.75, 3.05) is 20.3 Å². The Bertz CT molecular complexity index is 1630. The molecule has 2 heterocycles. The van der Waals surface area contributed by atoms with Crippen LogP contribution in [0.15, 0.2) is 70.1 Å². The van der Waals surface area contributed by atoms with Crippen LogP contribution in [0.25, 0.3) is 6.08 Å². The van der Waals surface area contributed by atoms with E-state index in [4.69, 9.17) is 14.2 Å². The summed E-state index contributed by atoms with van der Waals surface area (Å²) < 4.78 is 19.0. The van der Waals surface area contributed by atoms with Crippen LogP contribution < -0.4 is 24.4 Å². The first-order chi connectivity index (χ1) is 19.2. The second kappa shape index (κ2) is 12.5. The van der Waals surface area contributed by atoms with Gasteiger partial charge in [0.25, 0.3) is 5.56 Å². The number of aromatic nitrogens is 1. The fourth-order valence-corrected chi connectivity index (χ4v) is 5.94. The molecule has 8 heteroatoms. The molecule has 0 radical (unpaired) electrons. The van der Waals surface area contributed by atoms with Crippen molar-refractivity contribution in [3.8, 4) is 11.5 Å². The largest absolute Gasteiger partial charge is 0.493 e. The first kappa shape index (κ1) is 29.1. The van der Waals surface area contributed by atoms with Crippen molar-refractivity contribution in [2.24, 2.45) is 4.99 Å². The van der Waals surface area contributed by atoms with E-state index in [0.717, 1.165) is 16.7 Å². The molecule has 0 amide bonds. The molecule has 0 aliphatic carbocycles. The molecule has 1 aliphatic rings. The van der Waals surface area contributed by atoms with Gasteiger partial charge in [0.1, 0.15) is 0 Å². The smallest absolute Gasteiger partial charge is 0.338 e. The molecule has 210 valence electrons. The van der Waals surface area contributed by atoms with E-state index < -0.39 is 12.0 Å². The standard InChI is InChI=1S/C32H36N2O5S/c1-8-11-24-16-21(17-25(38-9-2)29(24)37-7)18-26-30(35)34-28(23-14-12-22(13-15-23)19(4)5)27(31(36)39-10-3)20(6)33-32(34)40-26/h8,12-19,28H,1,9-11H2,2-7H3/b26-18+/t28-/m1/s1. The van der Waals surface area contributed by atoms with Crippen LogP contribution in [0.5, 0.6) is 11.5 Å². The van der Waals surface area contributed by atoms with Gasteiger partial charge in [0.05, 0.1) is 42.2 Å². The van der Waals surface area contributed by atoms with E-state index in [1.165, 1.54) is 16.9 Å². The van der Waals surface area contributed by atoms with Crippen LogP contribution in [0.3, 0.4) is 0 Å². The fourth-order valence-electron chi connectivity index (χ4n) is 4.89. The molecule has 4 rings (SSSR count). The summed E-state index contributed by atoms with van der Waals surface area (Å²) in [6, 6.07) is 11.2. The highest BCUT2D eigenvalue weighted by Crippen LogP contribution is 2.34. The van der Waals surface area contributed by atoms with Gasteiger partial charge in [0.2, 0.25) is 0 Å². The predicted octanol–water partition coefficient (Wildman–Crippen LogP) is 5.06. The van der Waals surface area contributed by atoms with E-state index in [1.54, 1.807) is 31.6 Å². The third kappa shape index (κ3) is 5.68. The van der Waals surface area contributed by atoms with Gasteiger partial charge < -0.3 is 14.2 Å². The van der Waals surface area contributed by atoms with Crippen LogP contribution in [-0.4, -0.2) is 30.9 Å². The molecule has 40 heavy (non-hydrogen) atoms. The third-order valence-electron chi connectivity index (χ3n) is 6.76. The molecule has 2 aromatic carbocycles. The van der Waals surface area contributed by atoms with Gasteiger partial charge in [0.15, 0.2) is 16.3 Å². The summed E-state index contributed by atoms with van der Waals surface area (Å²) in [5.74, 6) is 1.14. The zero-order chi connectivity index (χ0) is 29.0. The van der Waals surface area contributed by atoms with Crippen LogP contribution in [0.2, 0.25) is 0 Å². The van der Waals surface area contributed by atoms with Gasteiger partial charge in [-0.05, 0) is 68.0 Å². The highest BCUT2D eigenvalue weighted by atomic mass is 32.1. The van der Waals surface area contributed by atoms with Gasteiger partial charge in [-0.1, -0.05) is 55.5 Å². The number of rotatable bonds is 10. The van der Waals surface area contributed by atoms with Crippen LogP contribution in [0.4, 0.5) is 0 Å². The zero-order valence-corrected chi connectivity index (χ0v) is 24.8. The highest BCUT2D eigenvalue weighted by Gasteiger charge is 2.33. The summed E-state index contributed by atoms with van der Waals surface area (Å²) in [5, 5.41) is 0. The number of benzene rings is 2. The topological polar surface area (TPSA) is 79.1 Å². The fraction of sp³-hybridized carbons (Fsp3) is 0.344. The Morgan fingerprint density at radius 1 is 1.18 bits per heavy atom. The first-order valence-corrected chi connectivity index (χ1v) is 14.3. The van der Waals surface area contributed by atoms with Crippen LogP contribution in [0.1, 0.15) is 68.8 Å². The van der Waals surface area contributed by atoms with E-state index in [-0.39, 0.29) is 12.2 Å². The summed E-state index contributed by atoms with van der Waals surface area (Å²) in [7, 11) is 1.61. The predicted molar refractivity (Wildman–Crippen MR) is 159 cm³/mol. The molecule has 0 bridgehead atoms. The Balaban J connectivity index is 1.93. The van der Waals surface area contributed by atoms with Crippen molar-refractivity contribution in [1.82, 2.24) is 4.57 Å². The van der Waals surface area contributed by atoms with E-state index in [9.17, 15) is 9.59 Å². The lowest BCUT2D eigenvalue weighted by atomic mass is 9.93. The van der Waals surface area contributed by atoms with Gasteiger partial charge in [-0.2, -0.15) is 0 Å². The lowest BCUT2D eigenvalue weighted by molar-refractivity contribution is -0.139. The maximum atomic E-state index is 14.0. The number of ether oxygens (including phenoxy) is 3. The van der Waals surface area contributed by atoms with E-state index >= 15 is 0 Å². The van der Waals surface area contributed by atoms with E-state index in [2.05, 4.69) is 25.4 Å². The quantitative estimate of drug-likeness (QED) is 0.256. The van der Waals surface area contributed by atoms with E-state index in [1.807, 2.05) is 49.4 Å². The maximum absolute atomic E-state index is 14.0. The summed E-state index contributed by atoms with van der Waals surface area (Å²) >= 11 is 1.29. The maximum Gasteiger partial charge on any atom is 0.338 e. The van der Waals surface area contributed by atoms with Crippen LogP contribution in [0, 0.1) is 0 Å². The lowest BCUT2D eigenvalue weighted by Crippen LogP contribution is -2.39. The van der Waals surface area contributed by atoms with Crippen molar-refractivity contribution < 1.29 is 19.0 Å². The van der Waals surface area contributed by atoms with Gasteiger partial charge in [-0.15, -0.1) is 6.58 Å². The minimum absolute atomic E-state index is 0.227. The van der Waals surface area contributed by atoms with Crippen molar-refractivity contribution >= 4 is 23.4 Å². The van der Waals surface area contributed by atoms with Crippen molar-refractivity contribution in [1.29, 1.82) is 0 Å². The molecule has 3 aromatic rings. The molecular formula is C32H36N2O5S. The molecule has 0 saturated carbocycles. The monoisotopic (exact) mass is 560 g/mol. The Morgan fingerprint density at radius 2 is 1.90 bits per heavy atom. The number of nitrogens with zero attached hydrogens (tertiary/aromatic N) is 2. The number of esters is 1. The zero-order valence-electron chi connectivity index (χ0n) is 23.9.